The Labute approximate surface area is 189 Å². The van der Waals surface area contributed by atoms with Crippen molar-refractivity contribution in [2.24, 2.45) is 10.1 Å². The van der Waals surface area contributed by atoms with E-state index in [1.54, 1.807) is 12.1 Å². The third-order valence-corrected chi connectivity index (χ3v) is 6.38. The van der Waals surface area contributed by atoms with Gasteiger partial charge in [0.25, 0.3) is 5.91 Å². The van der Waals surface area contributed by atoms with Gasteiger partial charge in [-0.05, 0) is 68.1 Å². The number of rotatable bonds is 3. The van der Waals surface area contributed by atoms with Gasteiger partial charge in [0, 0.05) is 16.7 Å². The quantitative estimate of drug-likeness (QED) is 0.537. The minimum Gasteiger partial charge on any atom is -0.482 e. The molecular formula is C24H23FN4O2S. The van der Waals surface area contributed by atoms with Gasteiger partial charge in [-0.2, -0.15) is 5.10 Å². The van der Waals surface area contributed by atoms with Crippen LogP contribution in [0.15, 0.2) is 57.9 Å². The van der Waals surface area contributed by atoms with E-state index in [1.807, 2.05) is 28.3 Å². The summed E-state index contributed by atoms with van der Waals surface area (Å²) in [6, 6.07) is 11.8. The van der Waals surface area contributed by atoms with Crippen LogP contribution < -0.4 is 14.9 Å². The van der Waals surface area contributed by atoms with Gasteiger partial charge >= 0.3 is 0 Å². The van der Waals surface area contributed by atoms with Crippen LogP contribution in [0.3, 0.4) is 0 Å². The first-order chi connectivity index (χ1) is 15.7. The average Bonchev–Trinajstić information content (AvgIpc) is 3.00. The molecule has 1 N–H and O–H groups in total. The summed E-state index contributed by atoms with van der Waals surface area (Å²) in [6.07, 6.45) is 6.71. The molecule has 32 heavy (non-hydrogen) atoms. The van der Waals surface area contributed by atoms with Crippen LogP contribution in [-0.2, 0) is 4.79 Å². The molecule has 1 fully saturated rings. The first kappa shape index (κ1) is 20.6. The zero-order valence-corrected chi connectivity index (χ0v) is 18.3. The van der Waals surface area contributed by atoms with Crippen LogP contribution in [0.2, 0.25) is 0 Å². The van der Waals surface area contributed by atoms with Crippen LogP contribution in [0.4, 0.5) is 15.8 Å². The highest BCUT2D eigenvalue weighted by atomic mass is 32.1. The van der Waals surface area contributed by atoms with Crippen LogP contribution in [0.1, 0.15) is 38.5 Å². The van der Waals surface area contributed by atoms with E-state index in [-0.39, 0.29) is 18.3 Å². The fourth-order valence-corrected chi connectivity index (χ4v) is 4.77. The van der Waals surface area contributed by atoms with Gasteiger partial charge in [0.2, 0.25) is 4.80 Å². The third kappa shape index (κ3) is 4.50. The molecule has 1 aliphatic carbocycles. The molecule has 1 saturated carbocycles. The Kier molecular flexibility index (Phi) is 5.85. The molecule has 2 heterocycles. The number of carbonyl (C=O) groups excluding carboxylic acids is 1. The van der Waals surface area contributed by atoms with E-state index in [9.17, 15) is 9.18 Å². The SMILES string of the molecule is O=C1COc2ccc(-c3csc(=Nc4ccc(F)cc4)n3N=C3CCCCCC3)cc2N1. The minimum atomic E-state index is -0.291. The first-order valence-electron chi connectivity index (χ1n) is 10.8. The number of amides is 1. The van der Waals surface area contributed by atoms with Crippen molar-refractivity contribution in [2.45, 2.75) is 38.5 Å². The lowest BCUT2D eigenvalue weighted by Crippen LogP contribution is -2.25. The molecule has 0 saturated heterocycles. The van der Waals surface area contributed by atoms with E-state index < -0.39 is 0 Å². The predicted octanol–water partition coefficient (Wildman–Crippen LogP) is 5.48. The van der Waals surface area contributed by atoms with Crippen LogP contribution in [0.25, 0.3) is 11.3 Å². The molecule has 0 radical (unpaired) electrons. The number of nitrogens with one attached hydrogen (secondary N) is 1. The van der Waals surface area contributed by atoms with E-state index in [2.05, 4.69) is 5.32 Å². The lowest BCUT2D eigenvalue weighted by Gasteiger charge is -2.18. The summed E-state index contributed by atoms with van der Waals surface area (Å²) in [5.41, 5.74) is 4.27. The number of anilines is 1. The molecular weight excluding hydrogens is 427 g/mol. The predicted molar refractivity (Wildman–Crippen MR) is 124 cm³/mol. The summed E-state index contributed by atoms with van der Waals surface area (Å²) >= 11 is 1.48. The molecule has 2 aromatic carbocycles. The molecule has 0 bridgehead atoms. The summed E-state index contributed by atoms with van der Waals surface area (Å²) < 4.78 is 20.7. The summed E-state index contributed by atoms with van der Waals surface area (Å²) in [5, 5.41) is 9.89. The maximum atomic E-state index is 13.3. The van der Waals surface area contributed by atoms with Gasteiger partial charge in [0.05, 0.1) is 17.1 Å². The number of hydrogen-bond acceptors (Lipinski definition) is 5. The van der Waals surface area contributed by atoms with E-state index in [1.165, 1.54) is 36.3 Å². The van der Waals surface area contributed by atoms with Crippen molar-refractivity contribution in [1.29, 1.82) is 0 Å². The molecule has 1 amide bonds. The van der Waals surface area contributed by atoms with Crippen molar-refractivity contribution in [1.82, 2.24) is 4.68 Å². The molecule has 2 aliphatic rings. The number of ether oxygens (including phenoxy) is 1. The number of aromatic nitrogens is 1. The van der Waals surface area contributed by atoms with Crippen molar-refractivity contribution >= 4 is 34.3 Å². The van der Waals surface area contributed by atoms with Gasteiger partial charge in [-0.1, -0.05) is 12.8 Å². The average molecular weight is 451 g/mol. The molecule has 5 rings (SSSR count). The van der Waals surface area contributed by atoms with E-state index in [0.717, 1.165) is 42.7 Å². The fourth-order valence-electron chi connectivity index (χ4n) is 3.92. The molecule has 1 aliphatic heterocycles. The summed E-state index contributed by atoms with van der Waals surface area (Å²) in [6.45, 7) is 0.0269. The Morgan fingerprint density at radius 3 is 2.59 bits per heavy atom. The Bertz CT molecular complexity index is 1230. The second-order valence-electron chi connectivity index (χ2n) is 7.93. The highest BCUT2D eigenvalue weighted by Gasteiger charge is 2.18. The molecule has 1 aromatic heterocycles. The molecule has 0 atom stereocenters. The van der Waals surface area contributed by atoms with Crippen molar-refractivity contribution in [2.75, 3.05) is 11.9 Å². The second kappa shape index (κ2) is 9.08. The van der Waals surface area contributed by atoms with Crippen molar-refractivity contribution < 1.29 is 13.9 Å². The Morgan fingerprint density at radius 2 is 1.81 bits per heavy atom. The lowest BCUT2D eigenvalue weighted by molar-refractivity contribution is -0.118. The summed E-state index contributed by atoms with van der Waals surface area (Å²) in [7, 11) is 0. The number of halogens is 1. The van der Waals surface area contributed by atoms with Crippen molar-refractivity contribution in [3.63, 3.8) is 0 Å². The van der Waals surface area contributed by atoms with Gasteiger partial charge in [-0.3, -0.25) is 4.79 Å². The fraction of sp³-hybridized carbons (Fsp3) is 0.292. The lowest BCUT2D eigenvalue weighted by atomic mass is 10.1. The standard InChI is InChI=1S/C24H23FN4O2S/c25-17-8-10-18(11-9-17)26-24-29(28-19-5-3-1-2-4-6-19)21(15-32-24)16-7-12-22-20(13-16)27-23(30)14-31-22/h7-13,15H,1-6,14H2,(H,27,30). The number of benzene rings is 2. The summed E-state index contributed by atoms with van der Waals surface area (Å²) in [4.78, 5) is 17.2. The van der Waals surface area contributed by atoms with Gasteiger partial charge < -0.3 is 10.1 Å². The number of thiazole rings is 1. The van der Waals surface area contributed by atoms with Gasteiger partial charge in [-0.15, -0.1) is 11.3 Å². The Balaban J connectivity index is 1.62. The zero-order valence-electron chi connectivity index (χ0n) is 17.5. The topological polar surface area (TPSA) is 68.0 Å². The maximum Gasteiger partial charge on any atom is 0.262 e. The van der Waals surface area contributed by atoms with Gasteiger partial charge in [0.1, 0.15) is 11.6 Å². The molecule has 8 heteroatoms. The van der Waals surface area contributed by atoms with Gasteiger partial charge in [-0.25, -0.2) is 14.1 Å². The second-order valence-corrected chi connectivity index (χ2v) is 8.77. The number of fused-ring (bicyclic) bond motifs is 1. The monoisotopic (exact) mass is 450 g/mol. The van der Waals surface area contributed by atoms with E-state index in [4.69, 9.17) is 14.8 Å². The van der Waals surface area contributed by atoms with Crippen LogP contribution in [-0.4, -0.2) is 22.9 Å². The van der Waals surface area contributed by atoms with Gasteiger partial charge in [0.15, 0.2) is 6.61 Å². The molecule has 3 aromatic rings. The molecule has 6 nitrogen and oxygen atoms in total. The Morgan fingerprint density at radius 1 is 1.03 bits per heavy atom. The number of hydrogen-bond donors (Lipinski definition) is 1. The van der Waals surface area contributed by atoms with Crippen molar-refractivity contribution in [3.05, 3.63) is 58.5 Å². The number of carbonyl (C=O) groups is 1. The highest BCUT2D eigenvalue weighted by Crippen LogP contribution is 2.33. The Hall–Kier alpha value is -3.26. The van der Waals surface area contributed by atoms with E-state index in [0.29, 0.717) is 21.9 Å². The largest absolute Gasteiger partial charge is 0.482 e. The van der Waals surface area contributed by atoms with Crippen LogP contribution >= 0.6 is 11.3 Å². The highest BCUT2D eigenvalue weighted by molar-refractivity contribution is 7.07. The molecule has 164 valence electrons. The smallest absolute Gasteiger partial charge is 0.262 e. The van der Waals surface area contributed by atoms with Crippen molar-refractivity contribution in [3.8, 4) is 17.0 Å². The molecule has 0 spiro atoms. The maximum absolute atomic E-state index is 13.3. The summed E-state index contributed by atoms with van der Waals surface area (Å²) in [5.74, 6) is 0.195. The first-order valence-corrected chi connectivity index (χ1v) is 11.7. The zero-order chi connectivity index (χ0) is 21.9. The third-order valence-electron chi connectivity index (χ3n) is 5.57. The normalized spacial score (nSPS) is 16.7. The van der Waals surface area contributed by atoms with Crippen LogP contribution in [0.5, 0.6) is 5.75 Å². The minimum absolute atomic E-state index is 0.0269. The number of nitrogens with zero attached hydrogens (tertiary/aromatic N) is 3. The van der Waals surface area contributed by atoms with Crippen LogP contribution in [0, 0.1) is 5.82 Å². The molecule has 0 unspecified atom stereocenters. The van der Waals surface area contributed by atoms with E-state index >= 15 is 0 Å².